The molecule has 4 rings (SSSR count). The highest BCUT2D eigenvalue weighted by Crippen LogP contribution is 2.47. The molecule has 0 spiro atoms. The Labute approximate surface area is 171 Å². The number of aliphatic hydroxyl groups is 1. The van der Waals surface area contributed by atoms with Gasteiger partial charge in [0.2, 0.25) is 10.0 Å². The van der Waals surface area contributed by atoms with Gasteiger partial charge in [-0.1, -0.05) is 12.1 Å². The molecule has 2 aromatic carbocycles. The average Bonchev–Trinajstić information content (AvgIpc) is 2.98. The van der Waals surface area contributed by atoms with Gasteiger partial charge in [0, 0.05) is 23.7 Å². The van der Waals surface area contributed by atoms with Crippen molar-refractivity contribution in [3.8, 4) is 5.75 Å². The maximum absolute atomic E-state index is 13.2. The maximum atomic E-state index is 13.2. The molecule has 0 fully saturated rings. The number of sulfonamides is 1. The normalized spacial score (nSPS) is 16.2. The zero-order valence-electron chi connectivity index (χ0n) is 15.8. The van der Waals surface area contributed by atoms with Crippen LogP contribution in [0.4, 0.5) is 10.1 Å². The zero-order chi connectivity index (χ0) is 21.6. The highest BCUT2D eigenvalue weighted by Gasteiger charge is 2.42. The number of aliphatic hydroxyl groups excluding tert-OH is 1. The van der Waals surface area contributed by atoms with Crippen LogP contribution < -0.4 is 4.72 Å². The number of pyridine rings is 1. The number of carbonyl (C=O) groups is 1. The van der Waals surface area contributed by atoms with Gasteiger partial charge in [-0.25, -0.2) is 12.8 Å². The van der Waals surface area contributed by atoms with Gasteiger partial charge in [0.15, 0.2) is 12.0 Å². The Balaban J connectivity index is 1.89. The molecule has 3 aromatic rings. The Kier molecular flexibility index (Phi) is 4.83. The number of hydrogen-bond acceptors (Lipinski definition) is 6. The number of phenols is 1. The third-order valence-electron chi connectivity index (χ3n) is 5.01. The second kappa shape index (κ2) is 7.22. The van der Waals surface area contributed by atoms with Crippen LogP contribution in [0.15, 0.2) is 42.6 Å². The molecule has 0 saturated carbocycles. The summed E-state index contributed by atoms with van der Waals surface area (Å²) in [6.07, 6.45) is -0.124. The van der Waals surface area contributed by atoms with Crippen LogP contribution in [0.2, 0.25) is 0 Å². The van der Waals surface area contributed by atoms with Crippen LogP contribution in [0.5, 0.6) is 5.75 Å². The van der Waals surface area contributed by atoms with E-state index in [1.807, 2.05) is 0 Å². The van der Waals surface area contributed by atoms with E-state index in [2.05, 4.69) is 9.71 Å². The summed E-state index contributed by atoms with van der Waals surface area (Å²) >= 11 is 0. The summed E-state index contributed by atoms with van der Waals surface area (Å²) in [4.78, 5) is 18.2. The number of nitrogens with zero attached hydrogens (tertiary/aromatic N) is 2. The van der Waals surface area contributed by atoms with Gasteiger partial charge in [-0.05, 0) is 36.8 Å². The van der Waals surface area contributed by atoms with Gasteiger partial charge in [-0.15, -0.1) is 0 Å². The van der Waals surface area contributed by atoms with E-state index in [-0.39, 0.29) is 40.0 Å². The third kappa shape index (κ3) is 3.23. The molecule has 156 valence electrons. The molecule has 1 aliphatic heterocycles. The lowest BCUT2D eigenvalue weighted by molar-refractivity contribution is 0.0140. The molecular formula is C20H18FN3O5S. The Hall–Kier alpha value is -3.24. The molecule has 1 aliphatic rings. The summed E-state index contributed by atoms with van der Waals surface area (Å²) in [7, 11) is -3.76. The van der Waals surface area contributed by atoms with E-state index < -0.39 is 33.7 Å². The summed E-state index contributed by atoms with van der Waals surface area (Å²) in [6, 6.07) is 8.48. The number of amides is 1. The van der Waals surface area contributed by atoms with Crippen molar-refractivity contribution in [1.82, 2.24) is 9.88 Å². The Morgan fingerprint density at radius 2 is 1.93 bits per heavy atom. The second-order valence-electron chi connectivity index (χ2n) is 6.85. The summed E-state index contributed by atoms with van der Waals surface area (Å²) in [5.74, 6) is -1.80. The molecular weight excluding hydrogens is 413 g/mol. The first-order valence-electron chi connectivity index (χ1n) is 9.11. The van der Waals surface area contributed by atoms with Gasteiger partial charge in [-0.2, -0.15) is 0 Å². The Morgan fingerprint density at radius 3 is 2.60 bits per heavy atom. The molecule has 8 nitrogen and oxygen atoms in total. The van der Waals surface area contributed by atoms with Gasteiger partial charge in [-0.3, -0.25) is 14.5 Å². The number of phenolic OH excluding ortho intramolecular Hbond substituents is 1. The summed E-state index contributed by atoms with van der Waals surface area (Å²) in [5.41, 5.74) is 0.320. The number of rotatable bonds is 5. The molecule has 1 unspecified atom stereocenters. The fourth-order valence-electron chi connectivity index (χ4n) is 3.48. The van der Waals surface area contributed by atoms with Crippen LogP contribution in [-0.2, 0) is 16.6 Å². The maximum Gasteiger partial charge on any atom is 0.260 e. The summed E-state index contributed by atoms with van der Waals surface area (Å²) in [5, 5.41) is 21.9. The predicted molar refractivity (Wildman–Crippen MR) is 108 cm³/mol. The number of aromatic nitrogens is 1. The SMILES string of the molecule is CCS(=O)(=O)Nc1c2c(c(O)c3ncccc13)C(=O)N(Cc1ccc(F)cc1)C2O. The highest BCUT2D eigenvalue weighted by molar-refractivity contribution is 7.92. The number of nitrogens with one attached hydrogen (secondary N) is 1. The van der Waals surface area contributed by atoms with Crippen molar-refractivity contribution in [2.24, 2.45) is 0 Å². The number of carbonyl (C=O) groups excluding carboxylic acids is 1. The number of fused-ring (bicyclic) bond motifs is 2. The minimum atomic E-state index is -3.76. The average molecular weight is 431 g/mol. The van der Waals surface area contributed by atoms with Crippen molar-refractivity contribution in [2.75, 3.05) is 10.5 Å². The second-order valence-corrected chi connectivity index (χ2v) is 8.86. The molecule has 2 heterocycles. The standard InChI is InChI=1S/C20H18FN3O5S/c1-2-30(28,29)23-16-13-4-3-9-22-17(13)18(25)15-14(16)19(26)24(20(15)27)10-11-5-7-12(21)8-6-11/h3-9,19,23,25-26H,2,10H2,1H3. The Bertz CT molecular complexity index is 1260. The zero-order valence-corrected chi connectivity index (χ0v) is 16.6. The number of aromatic hydroxyl groups is 1. The fourth-order valence-corrected chi connectivity index (χ4v) is 4.15. The molecule has 0 radical (unpaired) electrons. The smallest absolute Gasteiger partial charge is 0.260 e. The summed E-state index contributed by atoms with van der Waals surface area (Å²) in [6.45, 7) is 1.38. The van der Waals surface area contributed by atoms with Crippen molar-refractivity contribution in [1.29, 1.82) is 0 Å². The molecule has 0 saturated heterocycles. The molecule has 30 heavy (non-hydrogen) atoms. The van der Waals surface area contributed by atoms with E-state index in [4.69, 9.17) is 0 Å². The number of hydrogen-bond donors (Lipinski definition) is 3. The predicted octanol–water partition coefficient (Wildman–Crippen LogP) is 2.49. The molecule has 1 amide bonds. The van der Waals surface area contributed by atoms with Crippen LogP contribution >= 0.6 is 0 Å². The first-order chi connectivity index (χ1) is 14.2. The van der Waals surface area contributed by atoms with E-state index in [0.29, 0.717) is 5.56 Å². The van der Waals surface area contributed by atoms with Gasteiger partial charge in [0.05, 0.1) is 17.0 Å². The van der Waals surface area contributed by atoms with E-state index in [9.17, 15) is 27.8 Å². The number of halogens is 1. The largest absolute Gasteiger partial charge is 0.505 e. The lowest BCUT2D eigenvalue weighted by Crippen LogP contribution is -2.27. The molecule has 1 aromatic heterocycles. The van der Waals surface area contributed by atoms with Crippen molar-refractivity contribution in [3.05, 3.63) is 65.1 Å². The van der Waals surface area contributed by atoms with Crippen molar-refractivity contribution in [3.63, 3.8) is 0 Å². The number of anilines is 1. The molecule has 3 N–H and O–H groups in total. The van der Waals surface area contributed by atoms with Crippen molar-refractivity contribution < 1.29 is 27.8 Å². The van der Waals surface area contributed by atoms with Gasteiger partial charge >= 0.3 is 0 Å². The van der Waals surface area contributed by atoms with E-state index in [0.717, 1.165) is 4.90 Å². The lowest BCUT2D eigenvalue weighted by Gasteiger charge is -2.22. The summed E-state index contributed by atoms with van der Waals surface area (Å²) < 4.78 is 40.2. The van der Waals surface area contributed by atoms with Gasteiger partial charge < -0.3 is 15.1 Å². The third-order valence-corrected chi connectivity index (χ3v) is 6.28. The Morgan fingerprint density at radius 1 is 1.23 bits per heavy atom. The molecule has 0 bridgehead atoms. The topological polar surface area (TPSA) is 120 Å². The van der Waals surface area contributed by atoms with Crippen LogP contribution in [0.1, 0.15) is 34.6 Å². The molecule has 1 atom stereocenters. The minimum absolute atomic E-state index is 0.00444. The van der Waals surface area contributed by atoms with Gasteiger partial charge in [0.1, 0.15) is 11.3 Å². The quantitative estimate of drug-likeness (QED) is 0.534. The van der Waals surface area contributed by atoms with Crippen LogP contribution in [0, 0.1) is 5.82 Å². The first-order valence-corrected chi connectivity index (χ1v) is 10.8. The monoisotopic (exact) mass is 431 g/mol. The van der Waals surface area contributed by atoms with Gasteiger partial charge in [0.25, 0.3) is 5.91 Å². The van der Waals surface area contributed by atoms with Crippen LogP contribution in [0.25, 0.3) is 10.9 Å². The van der Waals surface area contributed by atoms with Crippen LogP contribution in [-0.4, -0.2) is 40.2 Å². The van der Waals surface area contributed by atoms with E-state index in [1.54, 1.807) is 6.07 Å². The lowest BCUT2D eigenvalue weighted by atomic mass is 10.0. The molecule has 0 aliphatic carbocycles. The van der Waals surface area contributed by atoms with Crippen LogP contribution in [0.3, 0.4) is 0 Å². The number of benzene rings is 2. The van der Waals surface area contributed by atoms with Crippen molar-refractivity contribution in [2.45, 2.75) is 19.7 Å². The van der Waals surface area contributed by atoms with Crippen molar-refractivity contribution >= 4 is 32.5 Å². The van der Waals surface area contributed by atoms with E-state index >= 15 is 0 Å². The first kappa shape index (κ1) is 20.0. The fraction of sp³-hybridized carbons (Fsp3) is 0.200. The van der Waals surface area contributed by atoms with E-state index in [1.165, 1.54) is 43.5 Å². The minimum Gasteiger partial charge on any atom is -0.505 e. The highest BCUT2D eigenvalue weighted by atomic mass is 32.2. The molecule has 10 heteroatoms.